The summed E-state index contributed by atoms with van der Waals surface area (Å²) in [6, 6.07) is 2.45. The van der Waals surface area contributed by atoms with Gasteiger partial charge in [-0.3, -0.25) is 4.90 Å². The van der Waals surface area contributed by atoms with Gasteiger partial charge in [-0.25, -0.2) is 0 Å². The fourth-order valence-corrected chi connectivity index (χ4v) is 2.59. The van der Waals surface area contributed by atoms with Crippen molar-refractivity contribution in [3.63, 3.8) is 0 Å². The normalized spacial score (nSPS) is 22.3. The van der Waals surface area contributed by atoms with Crippen LogP contribution in [0.1, 0.15) is 12.0 Å². The van der Waals surface area contributed by atoms with Crippen LogP contribution in [0.4, 0.5) is 0 Å². The van der Waals surface area contributed by atoms with E-state index >= 15 is 0 Å². The zero-order valence-corrected chi connectivity index (χ0v) is 10.2. The topological polar surface area (TPSA) is 29.3 Å². The van der Waals surface area contributed by atoms with E-state index < -0.39 is 0 Å². The molecule has 0 spiro atoms. The van der Waals surface area contributed by atoms with E-state index in [2.05, 4.69) is 11.0 Å². The Bertz CT molecular complexity index is 290. The van der Waals surface area contributed by atoms with Crippen LogP contribution in [0.2, 0.25) is 4.34 Å². The van der Waals surface area contributed by atoms with Crippen LogP contribution < -0.4 is 5.73 Å². The molecule has 0 bridgehead atoms. The van der Waals surface area contributed by atoms with Gasteiger partial charge in [0.2, 0.25) is 0 Å². The number of halogens is 2. The molecule has 2 rings (SSSR count). The zero-order valence-electron chi connectivity index (χ0n) is 7.78. The second kappa shape index (κ2) is 5.33. The van der Waals surface area contributed by atoms with Crippen molar-refractivity contribution < 1.29 is 0 Å². The Balaban J connectivity index is 0.000000980. The number of rotatable bonds is 2. The van der Waals surface area contributed by atoms with Crippen LogP contribution in [0.3, 0.4) is 0 Å². The second-order valence-electron chi connectivity index (χ2n) is 3.50. The molecule has 1 aliphatic rings. The molecule has 0 amide bonds. The Morgan fingerprint density at radius 2 is 2.43 bits per heavy atom. The second-order valence-corrected chi connectivity index (χ2v) is 5.02. The third-order valence-corrected chi connectivity index (χ3v) is 3.65. The van der Waals surface area contributed by atoms with Gasteiger partial charge in [-0.15, -0.1) is 23.7 Å². The standard InChI is InChI=1S/C9H13ClN2S.ClH/c10-9-7(2-4-13-9)5-12-3-1-8(11)6-12;/h2,4,8H,1,3,5-6,11H2;1H. The summed E-state index contributed by atoms with van der Waals surface area (Å²) in [6.07, 6.45) is 1.11. The lowest BCUT2D eigenvalue weighted by Gasteiger charge is -2.13. The zero-order chi connectivity index (χ0) is 9.26. The number of hydrogen-bond acceptors (Lipinski definition) is 3. The molecule has 80 valence electrons. The highest BCUT2D eigenvalue weighted by atomic mass is 35.5. The van der Waals surface area contributed by atoms with Crippen molar-refractivity contribution in [3.8, 4) is 0 Å². The Morgan fingerprint density at radius 1 is 1.64 bits per heavy atom. The Morgan fingerprint density at radius 3 is 2.93 bits per heavy atom. The fraction of sp³-hybridized carbons (Fsp3) is 0.556. The van der Waals surface area contributed by atoms with Crippen molar-refractivity contribution in [1.29, 1.82) is 0 Å². The molecule has 2 heterocycles. The van der Waals surface area contributed by atoms with Crippen molar-refractivity contribution in [2.75, 3.05) is 13.1 Å². The van der Waals surface area contributed by atoms with Crippen molar-refractivity contribution in [2.45, 2.75) is 19.0 Å². The molecule has 1 aromatic heterocycles. The van der Waals surface area contributed by atoms with Crippen LogP contribution in [0, 0.1) is 0 Å². The van der Waals surface area contributed by atoms with Crippen LogP contribution in [-0.2, 0) is 6.54 Å². The molecule has 0 radical (unpaired) electrons. The van der Waals surface area contributed by atoms with Gasteiger partial charge < -0.3 is 5.73 Å². The van der Waals surface area contributed by atoms with E-state index in [0.717, 1.165) is 30.4 Å². The molecule has 0 aliphatic carbocycles. The average molecular weight is 253 g/mol. The maximum Gasteiger partial charge on any atom is 0.0973 e. The first-order valence-corrected chi connectivity index (χ1v) is 5.71. The van der Waals surface area contributed by atoms with E-state index in [4.69, 9.17) is 17.3 Å². The van der Waals surface area contributed by atoms with Crippen molar-refractivity contribution in [1.82, 2.24) is 4.90 Å². The van der Waals surface area contributed by atoms with E-state index in [0.29, 0.717) is 6.04 Å². The van der Waals surface area contributed by atoms with Gasteiger partial charge in [-0.2, -0.15) is 0 Å². The highest BCUT2D eigenvalue weighted by Gasteiger charge is 2.19. The monoisotopic (exact) mass is 252 g/mol. The molecule has 0 aromatic carbocycles. The van der Waals surface area contributed by atoms with Gasteiger partial charge in [0.05, 0.1) is 4.34 Å². The van der Waals surface area contributed by atoms with Gasteiger partial charge in [0.1, 0.15) is 0 Å². The van der Waals surface area contributed by atoms with Gasteiger partial charge >= 0.3 is 0 Å². The van der Waals surface area contributed by atoms with Gasteiger partial charge in [0, 0.05) is 25.7 Å². The highest BCUT2D eigenvalue weighted by molar-refractivity contribution is 7.14. The van der Waals surface area contributed by atoms with E-state index in [1.165, 1.54) is 5.56 Å². The van der Waals surface area contributed by atoms with Crippen LogP contribution in [-0.4, -0.2) is 24.0 Å². The first-order valence-electron chi connectivity index (χ1n) is 4.45. The molecule has 0 saturated carbocycles. The molecule has 1 fully saturated rings. The minimum absolute atomic E-state index is 0. The van der Waals surface area contributed by atoms with E-state index in [1.54, 1.807) is 11.3 Å². The summed E-state index contributed by atoms with van der Waals surface area (Å²) in [5, 5.41) is 2.04. The molecule has 1 aromatic rings. The maximum atomic E-state index is 6.02. The molecule has 1 saturated heterocycles. The smallest absolute Gasteiger partial charge is 0.0973 e. The lowest BCUT2D eigenvalue weighted by Crippen LogP contribution is -2.26. The summed E-state index contributed by atoms with van der Waals surface area (Å²) >= 11 is 7.61. The number of likely N-dealkylation sites (tertiary alicyclic amines) is 1. The summed E-state index contributed by atoms with van der Waals surface area (Å²) in [5.74, 6) is 0. The Hall–Kier alpha value is 0.200. The maximum absolute atomic E-state index is 6.02. The minimum atomic E-state index is 0. The summed E-state index contributed by atoms with van der Waals surface area (Å²) in [6.45, 7) is 3.07. The summed E-state index contributed by atoms with van der Waals surface area (Å²) in [4.78, 5) is 2.36. The van der Waals surface area contributed by atoms with Crippen LogP contribution in [0.5, 0.6) is 0 Å². The SMILES string of the molecule is Cl.NC1CCN(Cc2ccsc2Cl)C1. The summed E-state index contributed by atoms with van der Waals surface area (Å²) < 4.78 is 0.917. The van der Waals surface area contributed by atoms with Gasteiger partial charge in [0.15, 0.2) is 0 Å². The third kappa shape index (κ3) is 2.84. The Labute approximate surface area is 99.4 Å². The predicted octanol–water partition coefficient (Wildman–Crippen LogP) is 2.36. The molecule has 1 aliphatic heterocycles. The summed E-state index contributed by atoms with van der Waals surface area (Å²) in [5.41, 5.74) is 7.06. The van der Waals surface area contributed by atoms with Crippen LogP contribution >= 0.6 is 35.3 Å². The largest absolute Gasteiger partial charge is 0.326 e. The quantitative estimate of drug-likeness (QED) is 0.876. The van der Waals surface area contributed by atoms with Gasteiger partial charge in [0.25, 0.3) is 0 Å². The van der Waals surface area contributed by atoms with Crippen LogP contribution in [0.25, 0.3) is 0 Å². The predicted molar refractivity (Wildman–Crippen MR) is 64.4 cm³/mol. The van der Waals surface area contributed by atoms with Crippen molar-refractivity contribution in [3.05, 3.63) is 21.3 Å². The van der Waals surface area contributed by atoms with Crippen molar-refractivity contribution in [2.24, 2.45) is 5.73 Å². The lowest BCUT2D eigenvalue weighted by atomic mass is 10.3. The van der Waals surface area contributed by atoms with E-state index in [-0.39, 0.29) is 12.4 Å². The van der Waals surface area contributed by atoms with Gasteiger partial charge in [-0.1, -0.05) is 11.6 Å². The van der Waals surface area contributed by atoms with E-state index in [9.17, 15) is 0 Å². The Kier molecular flexibility index (Phi) is 4.67. The first-order chi connectivity index (χ1) is 6.25. The molecule has 2 N–H and O–H groups in total. The number of hydrogen-bond donors (Lipinski definition) is 1. The van der Waals surface area contributed by atoms with Gasteiger partial charge in [-0.05, 0) is 23.4 Å². The molecular formula is C9H14Cl2N2S. The molecule has 1 atom stereocenters. The van der Waals surface area contributed by atoms with Crippen molar-refractivity contribution >= 4 is 35.3 Å². The number of nitrogens with zero attached hydrogens (tertiary/aromatic N) is 1. The third-order valence-electron chi connectivity index (χ3n) is 2.40. The lowest BCUT2D eigenvalue weighted by molar-refractivity contribution is 0.327. The molecule has 1 unspecified atom stereocenters. The average Bonchev–Trinajstić information content (AvgIpc) is 2.64. The molecular weight excluding hydrogens is 239 g/mol. The van der Waals surface area contributed by atoms with Crippen LogP contribution in [0.15, 0.2) is 11.4 Å². The number of nitrogens with two attached hydrogens (primary N) is 1. The van der Waals surface area contributed by atoms with E-state index in [1.807, 2.05) is 5.38 Å². The number of thiophene rings is 1. The minimum Gasteiger partial charge on any atom is -0.326 e. The molecule has 14 heavy (non-hydrogen) atoms. The highest BCUT2D eigenvalue weighted by Crippen LogP contribution is 2.25. The fourth-order valence-electron chi connectivity index (χ4n) is 1.68. The molecule has 2 nitrogen and oxygen atoms in total. The summed E-state index contributed by atoms with van der Waals surface area (Å²) in [7, 11) is 0. The first kappa shape index (κ1) is 12.3. The molecule has 5 heteroatoms.